The first kappa shape index (κ1) is 21.1. The minimum absolute atomic E-state index is 0.101. The first-order chi connectivity index (χ1) is 16.0. The average Bonchev–Trinajstić information content (AvgIpc) is 3.26. The monoisotopic (exact) mass is 446 g/mol. The predicted octanol–water partition coefficient (Wildman–Crippen LogP) is 4.30. The van der Waals surface area contributed by atoms with Crippen molar-refractivity contribution < 1.29 is 19.0 Å². The van der Waals surface area contributed by atoms with E-state index in [9.17, 15) is 4.79 Å². The molecule has 2 aliphatic rings. The van der Waals surface area contributed by atoms with Gasteiger partial charge in [-0.25, -0.2) is 4.68 Å². The molecule has 0 saturated carbocycles. The highest BCUT2D eigenvalue weighted by Crippen LogP contribution is 2.46. The van der Waals surface area contributed by atoms with Crippen molar-refractivity contribution in [2.45, 2.75) is 32.2 Å². The molecule has 1 unspecified atom stereocenters. The molecule has 0 fully saturated rings. The summed E-state index contributed by atoms with van der Waals surface area (Å²) < 4.78 is 18.5. The predicted molar refractivity (Wildman–Crippen MR) is 124 cm³/mol. The topological polar surface area (TPSA) is 87.5 Å². The molecule has 1 atom stereocenters. The molecule has 1 N–H and O–H groups in total. The van der Waals surface area contributed by atoms with Crippen molar-refractivity contribution in [2.75, 3.05) is 26.6 Å². The molecule has 8 nitrogen and oxygen atoms in total. The second kappa shape index (κ2) is 8.27. The van der Waals surface area contributed by atoms with Gasteiger partial charge in [-0.15, -0.1) is 5.10 Å². The van der Waals surface area contributed by atoms with Crippen LogP contribution in [0.2, 0.25) is 0 Å². The van der Waals surface area contributed by atoms with Gasteiger partial charge < -0.3 is 19.5 Å². The highest BCUT2D eigenvalue weighted by Gasteiger charge is 2.38. The molecule has 1 aliphatic carbocycles. The third kappa shape index (κ3) is 3.51. The van der Waals surface area contributed by atoms with Crippen LogP contribution >= 0.6 is 0 Å². The zero-order valence-electron chi connectivity index (χ0n) is 19.1. The number of aryl methyl sites for hydroxylation is 1. The summed E-state index contributed by atoms with van der Waals surface area (Å²) in [6.45, 7) is 2.04. The first-order valence-corrected chi connectivity index (χ1v) is 10.9. The first-order valence-electron chi connectivity index (χ1n) is 10.9. The molecule has 1 aromatic heterocycles. The molecule has 3 aromatic rings. The molecule has 0 bridgehead atoms. The number of benzene rings is 2. The largest absolute Gasteiger partial charge is 0.496 e. The molecular weight excluding hydrogens is 420 g/mol. The van der Waals surface area contributed by atoms with Crippen molar-refractivity contribution >= 4 is 11.7 Å². The summed E-state index contributed by atoms with van der Waals surface area (Å²) in [4.78, 5) is 17.9. The molecule has 2 heterocycles. The van der Waals surface area contributed by atoms with Crippen molar-refractivity contribution in [2.24, 2.45) is 0 Å². The quantitative estimate of drug-likeness (QED) is 0.625. The van der Waals surface area contributed by atoms with Gasteiger partial charge in [-0.2, -0.15) is 4.98 Å². The molecule has 5 rings (SSSR count). The minimum Gasteiger partial charge on any atom is -0.496 e. The van der Waals surface area contributed by atoms with Crippen molar-refractivity contribution in [1.29, 1.82) is 0 Å². The molecule has 0 amide bonds. The van der Waals surface area contributed by atoms with Gasteiger partial charge in [0.2, 0.25) is 5.95 Å². The summed E-state index contributed by atoms with van der Waals surface area (Å²) in [6, 6.07) is 11.2. The van der Waals surface area contributed by atoms with Crippen LogP contribution in [0.5, 0.6) is 17.2 Å². The lowest BCUT2D eigenvalue weighted by molar-refractivity contribution is -0.116. The number of carbonyl (C=O) groups excluding carboxylic acids is 1. The van der Waals surface area contributed by atoms with E-state index in [1.165, 1.54) is 0 Å². The van der Waals surface area contributed by atoms with Crippen LogP contribution < -0.4 is 19.5 Å². The minimum atomic E-state index is -0.495. The normalized spacial score (nSPS) is 17.2. The molecule has 2 aromatic carbocycles. The maximum absolute atomic E-state index is 13.2. The van der Waals surface area contributed by atoms with Gasteiger partial charge in [0.15, 0.2) is 23.1 Å². The Balaban J connectivity index is 1.73. The fraction of sp³-hybridized carbons (Fsp3) is 0.320. The second-order valence-electron chi connectivity index (χ2n) is 8.22. The molecule has 170 valence electrons. The number of ketones is 1. The van der Waals surface area contributed by atoms with Gasteiger partial charge >= 0.3 is 0 Å². The maximum atomic E-state index is 13.2. The van der Waals surface area contributed by atoms with Crippen LogP contribution in [0.25, 0.3) is 11.4 Å². The molecule has 0 radical (unpaired) electrons. The van der Waals surface area contributed by atoms with Gasteiger partial charge in [-0.1, -0.05) is 23.8 Å². The van der Waals surface area contributed by atoms with Crippen LogP contribution in [0.3, 0.4) is 0 Å². The molecule has 0 spiro atoms. The Hall–Kier alpha value is -3.81. The highest BCUT2D eigenvalue weighted by molar-refractivity contribution is 5.99. The number of Topliss-reactive ketones (excluding diaryl/α,β-unsaturated/α-hetero) is 1. The van der Waals surface area contributed by atoms with Gasteiger partial charge in [0.25, 0.3) is 0 Å². The Labute approximate surface area is 192 Å². The maximum Gasteiger partial charge on any atom is 0.226 e. The van der Waals surface area contributed by atoms with E-state index >= 15 is 0 Å². The van der Waals surface area contributed by atoms with Gasteiger partial charge in [0.1, 0.15) is 11.8 Å². The van der Waals surface area contributed by atoms with Crippen molar-refractivity contribution in [1.82, 2.24) is 14.8 Å². The van der Waals surface area contributed by atoms with Crippen molar-refractivity contribution in [3.8, 4) is 28.6 Å². The van der Waals surface area contributed by atoms with E-state index in [2.05, 4.69) is 5.32 Å². The van der Waals surface area contributed by atoms with Crippen molar-refractivity contribution in [3.05, 3.63) is 58.8 Å². The number of allylic oxidation sites excluding steroid dienone is 2. The lowest BCUT2D eigenvalue weighted by atomic mass is 9.85. The van der Waals surface area contributed by atoms with Crippen LogP contribution in [-0.4, -0.2) is 41.9 Å². The Morgan fingerprint density at radius 1 is 1.00 bits per heavy atom. The van der Waals surface area contributed by atoms with E-state index in [1.54, 1.807) is 32.1 Å². The summed E-state index contributed by atoms with van der Waals surface area (Å²) in [5.41, 5.74) is 4.39. The standard InChI is InChI=1S/C25H26N4O4/c1-14-7-5-8-15(11-14)24-27-25-26-17-9-6-10-18(30)22(17)23(29(25)28-24)16-12-20(32-3)21(33-4)13-19(16)31-2/h5,7-8,11-13,23H,6,9-10H2,1-4H3,(H,26,27,28). The number of ether oxygens (including phenoxy) is 3. The number of hydrogen-bond acceptors (Lipinski definition) is 7. The summed E-state index contributed by atoms with van der Waals surface area (Å²) >= 11 is 0. The Morgan fingerprint density at radius 2 is 1.76 bits per heavy atom. The fourth-order valence-electron chi connectivity index (χ4n) is 4.62. The zero-order valence-corrected chi connectivity index (χ0v) is 19.1. The third-order valence-corrected chi connectivity index (χ3v) is 6.17. The third-order valence-electron chi connectivity index (χ3n) is 6.17. The number of anilines is 1. The van der Waals surface area contributed by atoms with Crippen LogP contribution in [-0.2, 0) is 4.79 Å². The van der Waals surface area contributed by atoms with E-state index < -0.39 is 6.04 Å². The number of rotatable bonds is 5. The lowest BCUT2D eigenvalue weighted by Gasteiger charge is -2.33. The van der Waals surface area contributed by atoms with E-state index in [1.807, 2.05) is 37.3 Å². The smallest absolute Gasteiger partial charge is 0.226 e. The van der Waals surface area contributed by atoms with Crippen LogP contribution in [0.15, 0.2) is 47.7 Å². The molecule has 33 heavy (non-hydrogen) atoms. The number of carbonyl (C=O) groups is 1. The number of methoxy groups -OCH3 is 3. The average molecular weight is 447 g/mol. The highest BCUT2D eigenvalue weighted by atomic mass is 16.5. The molecule has 1 aliphatic heterocycles. The Kier molecular flexibility index (Phi) is 5.28. The fourth-order valence-corrected chi connectivity index (χ4v) is 4.62. The van der Waals surface area contributed by atoms with Gasteiger partial charge in [0, 0.05) is 34.9 Å². The Bertz CT molecular complexity index is 1280. The van der Waals surface area contributed by atoms with Crippen LogP contribution in [0.1, 0.15) is 36.4 Å². The van der Waals surface area contributed by atoms with E-state index in [-0.39, 0.29) is 5.78 Å². The lowest BCUT2D eigenvalue weighted by Crippen LogP contribution is -2.31. The SMILES string of the molecule is COc1cc(OC)c(C2C3=C(CCCC3=O)Nc3nc(-c4cccc(C)c4)nn32)cc1OC. The van der Waals surface area contributed by atoms with E-state index in [4.69, 9.17) is 24.3 Å². The number of hydrogen-bond donors (Lipinski definition) is 1. The van der Waals surface area contributed by atoms with Crippen molar-refractivity contribution in [3.63, 3.8) is 0 Å². The summed E-state index contributed by atoms with van der Waals surface area (Å²) in [7, 11) is 4.77. The van der Waals surface area contributed by atoms with E-state index in [0.29, 0.717) is 41.0 Å². The van der Waals surface area contributed by atoms with Gasteiger partial charge in [-0.05, 0) is 31.9 Å². The van der Waals surface area contributed by atoms with Gasteiger partial charge in [0.05, 0.1) is 21.3 Å². The molecule has 0 saturated heterocycles. The van der Waals surface area contributed by atoms with Crippen LogP contribution in [0, 0.1) is 6.92 Å². The zero-order chi connectivity index (χ0) is 23.1. The number of aromatic nitrogens is 3. The summed E-state index contributed by atoms with van der Waals surface area (Å²) in [5.74, 6) is 2.99. The second-order valence-corrected chi connectivity index (χ2v) is 8.22. The Morgan fingerprint density at radius 3 is 2.48 bits per heavy atom. The van der Waals surface area contributed by atoms with Crippen LogP contribution in [0.4, 0.5) is 5.95 Å². The molecule has 8 heteroatoms. The number of fused-ring (bicyclic) bond motifs is 1. The molecular formula is C25H26N4O4. The van der Waals surface area contributed by atoms with Gasteiger partial charge in [-0.3, -0.25) is 4.79 Å². The summed E-state index contributed by atoms with van der Waals surface area (Å²) in [5, 5.41) is 8.22. The summed E-state index contributed by atoms with van der Waals surface area (Å²) in [6.07, 6.45) is 2.08. The number of nitrogens with one attached hydrogen (secondary N) is 1. The van der Waals surface area contributed by atoms with E-state index in [0.717, 1.165) is 35.2 Å². The number of nitrogens with zero attached hydrogens (tertiary/aromatic N) is 3.